The third-order valence-electron chi connectivity index (χ3n) is 4.63. The van der Waals surface area contributed by atoms with E-state index in [0.717, 1.165) is 64.0 Å². The van der Waals surface area contributed by atoms with Gasteiger partial charge < -0.3 is 24.8 Å². The fraction of sp³-hybridized carbons (Fsp3) is 0.789. The third-order valence-corrected chi connectivity index (χ3v) is 4.63. The molecular weight excluding hydrogens is 455 g/mol. The van der Waals surface area contributed by atoms with E-state index >= 15 is 0 Å². The molecule has 1 fully saturated rings. The summed E-state index contributed by atoms with van der Waals surface area (Å²) in [7, 11) is 1.76. The molecule has 2 heterocycles. The van der Waals surface area contributed by atoms with Gasteiger partial charge in [-0.05, 0) is 25.7 Å². The fourth-order valence-electron chi connectivity index (χ4n) is 3.24. The lowest BCUT2D eigenvalue weighted by atomic mass is 10.1. The second-order valence-corrected chi connectivity index (χ2v) is 7.34. The molecule has 0 bridgehead atoms. The highest BCUT2D eigenvalue weighted by molar-refractivity contribution is 14.0. The zero-order valence-corrected chi connectivity index (χ0v) is 19.6. The molecule has 8 heteroatoms. The highest BCUT2D eigenvalue weighted by Gasteiger charge is 2.19. The standard InChI is InChI=1S/C19H36N6O.HI/c1-5-20-19(22-14-18-21-8-11-25(18)15-16(2)3)23-17-6-9-24(10-7-17)12-13-26-4;/h8,11,16-17H,5-7,9-10,12-15H2,1-4H3,(H2,20,22,23);1H. The Bertz CT molecular complexity index is 540. The van der Waals surface area contributed by atoms with Crippen LogP contribution in [0.3, 0.4) is 0 Å². The molecule has 27 heavy (non-hydrogen) atoms. The Morgan fingerprint density at radius 1 is 1.37 bits per heavy atom. The van der Waals surface area contributed by atoms with Crippen molar-refractivity contribution in [3.63, 3.8) is 0 Å². The van der Waals surface area contributed by atoms with E-state index in [0.29, 0.717) is 18.5 Å². The lowest BCUT2D eigenvalue weighted by Gasteiger charge is -2.32. The SMILES string of the molecule is CCNC(=NCc1nccn1CC(C)C)NC1CCN(CCOC)CC1.I. The normalized spacial score (nSPS) is 16.4. The number of ether oxygens (including phenoxy) is 1. The quantitative estimate of drug-likeness (QED) is 0.315. The number of nitrogens with zero attached hydrogens (tertiary/aromatic N) is 4. The predicted octanol–water partition coefficient (Wildman–Crippen LogP) is 2.32. The van der Waals surface area contributed by atoms with Crippen LogP contribution in [0, 0.1) is 5.92 Å². The second-order valence-electron chi connectivity index (χ2n) is 7.34. The smallest absolute Gasteiger partial charge is 0.191 e. The van der Waals surface area contributed by atoms with Crippen molar-refractivity contribution >= 4 is 29.9 Å². The van der Waals surface area contributed by atoms with Gasteiger partial charge in [0.15, 0.2) is 5.96 Å². The van der Waals surface area contributed by atoms with E-state index in [4.69, 9.17) is 9.73 Å². The number of halogens is 1. The fourth-order valence-corrected chi connectivity index (χ4v) is 3.24. The Balaban J connectivity index is 0.00000364. The Kier molecular flexibility index (Phi) is 11.9. The van der Waals surface area contributed by atoms with Crippen molar-refractivity contribution in [2.24, 2.45) is 10.9 Å². The Labute approximate surface area is 181 Å². The minimum Gasteiger partial charge on any atom is -0.383 e. The molecule has 1 aromatic heterocycles. The number of aromatic nitrogens is 2. The van der Waals surface area contributed by atoms with Crippen molar-refractivity contribution in [3.8, 4) is 0 Å². The van der Waals surface area contributed by atoms with Gasteiger partial charge in [-0.1, -0.05) is 13.8 Å². The molecule has 0 saturated carbocycles. The Morgan fingerprint density at radius 2 is 2.11 bits per heavy atom. The van der Waals surface area contributed by atoms with Gasteiger partial charge in [0.05, 0.1) is 6.61 Å². The number of nitrogens with one attached hydrogen (secondary N) is 2. The van der Waals surface area contributed by atoms with Gasteiger partial charge in [-0.2, -0.15) is 0 Å². The number of hydrogen-bond donors (Lipinski definition) is 2. The summed E-state index contributed by atoms with van der Waals surface area (Å²) < 4.78 is 7.37. The number of guanidine groups is 1. The van der Waals surface area contributed by atoms with Crippen LogP contribution in [0.5, 0.6) is 0 Å². The lowest BCUT2D eigenvalue weighted by molar-refractivity contribution is 0.128. The van der Waals surface area contributed by atoms with E-state index in [1.807, 2.05) is 12.4 Å². The summed E-state index contributed by atoms with van der Waals surface area (Å²) in [6.07, 6.45) is 6.18. The number of methoxy groups -OCH3 is 1. The van der Waals surface area contributed by atoms with Gasteiger partial charge in [0.25, 0.3) is 0 Å². The molecule has 156 valence electrons. The summed E-state index contributed by atoms with van der Waals surface area (Å²) in [6.45, 7) is 13.0. The highest BCUT2D eigenvalue weighted by atomic mass is 127. The van der Waals surface area contributed by atoms with Crippen LogP contribution in [0.1, 0.15) is 39.4 Å². The largest absolute Gasteiger partial charge is 0.383 e. The number of aliphatic imine (C=N–C) groups is 1. The minimum absolute atomic E-state index is 0. The first-order valence-electron chi connectivity index (χ1n) is 9.88. The van der Waals surface area contributed by atoms with E-state index < -0.39 is 0 Å². The summed E-state index contributed by atoms with van der Waals surface area (Å²) >= 11 is 0. The molecular formula is C19H37IN6O. The van der Waals surface area contributed by atoms with E-state index in [2.05, 4.69) is 45.9 Å². The maximum Gasteiger partial charge on any atom is 0.191 e. The van der Waals surface area contributed by atoms with Crippen LogP contribution in [0.25, 0.3) is 0 Å². The monoisotopic (exact) mass is 492 g/mol. The molecule has 0 amide bonds. The summed E-state index contributed by atoms with van der Waals surface area (Å²) in [5, 5.41) is 6.97. The van der Waals surface area contributed by atoms with Gasteiger partial charge in [-0.15, -0.1) is 24.0 Å². The van der Waals surface area contributed by atoms with Gasteiger partial charge in [0, 0.05) is 58.3 Å². The highest BCUT2D eigenvalue weighted by Crippen LogP contribution is 2.10. The van der Waals surface area contributed by atoms with Crippen LogP contribution in [0.15, 0.2) is 17.4 Å². The van der Waals surface area contributed by atoms with Gasteiger partial charge >= 0.3 is 0 Å². The van der Waals surface area contributed by atoms with Crippen molar-refractivity contribution in [1.82, 2.24) is 25.1 Å². The molecule has 1 aliphatic heterocycles. The molecule has 0 aromatic carbocycles. The molecule has 1 aliphatic rings. The van der Waals surface area contributed by atoms with E-state index in [9.17, 15) is 0 Å². The number of likely N-dealkylation sites (tertiary alicyclic amines) is 1. The van der Waals surface area contributed by atoms with Gasteiger partial charge in [0.1, 0.15) is 12.4 Å². The first kappa shape index (κ1) is 24.2. The zero-order valence-electron chi connectivity index (χ0n) is 17.3. The topological polar surface area (TPSA) is 66.7 Å². The van der Waals surface area contributed by atoms with Crippen LogP contribution >= 0.6 is 24.0 Å². The van der Waals surface area contributed by atoms with Crippen molar-refractivity contribution in [3.05, 3.63) is 18.2 Å². The average molecular weight is 492 g/mol. The van der Waals surface area contributed by atoms with Crippen LogP contribution in [0.4, 0.5) is 0 Å². The van der Waals surface area contributed by atoms with Crippen molar-refractivity contribution in [2.45, 2.75) is 52.7 Å². The Morgan fingerprint density at radius 3 is 2.74 bits per heavy atom. The molecule has 2 N–H and O–H groups in total. The molecule has 2 rings (SSSR count). The summed E-state index contributed by atoms with van der Waals surface area (Å²) in [4.78, 5) is 11.7. The van der Waals surface area contributed by atoms with Crippen molar-refractivity contribution in [1.29, 1.82) is 0 Å². The molecule has 1 aromatic rings. The van der Waals surface area contributed by atoms with Crippen molar-refractivity contribution < 1.29 is 4.74 Å². The van der Waals surface area contributed by atoms with Crippen molar-refractivity contribution in [2.75, 3.05) is 39.9 Å². The van der Waals surface area contributed by atoms with Crippen LogP contribution < -0.4 is 10.6 Å². The average Bonchev–Trinajstić information content (AvgIpc) is 3.05. The molecule has 0 aliphatic carbocycles. The summed E-state index contributed by atoms with van der Waals surface area (Å²) in [5.74, 6) is 2.51. The van der Waals surface area contributed by atoms with Crippen LogP contribution in [0.2, 0.25) is 0 Å². The summed E-state index contributed by atoms with van der Waals surface area (Å²) in [6, 6.07) is 0.474. The maximum absolute atomic E-state index is 5.17. The van der Waals surface area contributed by atoms with Crippen LogP contribution in [-0.4, -0.2) is 66.3 Å². The molecule has 0 spiro atoms. The lowest BCUT2D eigenvalue weighted by Crippen LogP contribution is -2.49. The predicted molar refractivity (Wildman–Crippen MR) is 122 cm³/mol. The molecule has 7 nitrogen and oxygen atoms in total. The van der Waals surface area contributed by atoms with E-state index in [1.165, 1.54) is 0 Å². The Hall–Kier alpha value is -0.870. The van der Waals surface area contributed by atoms with Gasteiger partial charge in [-0.25, -0.2) is 9.98 Å². The number of hydrogen-bond acceptors (Lipinski definition) is 4. The number of imidazole rings is 1. The minimum atomic E-state index is 0. The molecule has 1 saturated heterocycles. The third kappa shape index (κ3) is 8.78. The first-order chi connectivity index (χ1) is 12.6. The molecule has 0 radical (unpaired) electrons. The molecule has 0 atom stereocenters. The van der Waals surface area contributed by atoms with Gasteiger partial charge in [-0.3, -0.25) is 0 Å². The molecule has 0 unspecified atom stereocenters. The van der Waals surface area contributed by atoms with E-state index in [1.54, 1.807) is 7.11 Å². The number of piperidine rings is 1. The van der Waals surface area contributed by atoms with Crippen LogP contribution in [-0.2, 0) is 17.8 Å². The zero-order chi connectivity index (χ0) is 18.8. The maximum atomic E-state index is 5.17. The van der Waals surface area contributed by atoms with E-state index in [-0.39, 0.29) is 24.0 Å². The van der Waals surface area contributed by atoms with Gasteiger partial charge in [0.2, 0.25) is 0 Å². The first-order valence-corrected chi connectivity index (χ1v) is 9.88. The summed E-state index contributed by atoms with van der Waals surface area (Å²) in [5.41, 5.74) is 0. The number of rotatable bonds is 9. The second kappa shape index (κ2) is 13.3.